The molecule has 5 N–H and O–H groups in total. The fraction of sp³-hybridized carbons (Fsp3) is 0.738. The third-order valence-electron chi connectivity index (χ3n) is 8.65. The van der Waals surface area contributed by atoms with Gasteiger partial charge in [-0.05, 0) is 64.2 Å². The summed E-state index contributed by atoms with van der Waals surface area (Å²) in [4.78, 5) is 45.9. The zero-order valence-corrected chi connectivity index (χ0v) is 34.8. The molecule has 2 unspecified atom stereocenters. The minimum absolute atomic E-state index is 0.00487. The second-order valence-corrected chi connectivity index (χ2v) is 15.4. The molecule has 0 amide bonds. The highest BCUT2D eigenvalue weighted by Crippen LogP contribution is 2.43. The Hall–Kier alpha value is -2.60. The van der Waals surface area contributed by atoms with Gasteiger partial charge in [0.15, 0.2) is 6.10 Å². The molecule has 0 fully saturated rings. The van der Waals surface area contributed by atoms with Gasteiger partial charge in [0.2, 0.25) is 0 Å². The Bertz CT molecular complexity index is 1140. The largest absolute Gasteiger partial charge is 0.480 e. The van der Waals surface area contributed by atoms with Crippen molar-refractivity contribution in [2.24, 2.45) is 5.73 Å². The van der Waals surface area contributed by atoms with E-state index < -0.39 is 63.8 Å². The predicted molar refractivity (Wildman–Crippen MR) is 218 cm³/mol. The summed E-state index contributed by atoms with van der Waals surface area (Å²) in [7, 11) is -4.76. The van der Waals surface area contributed by atoms with Crippen LogP contribution in [0.4, 0.5) is 0 Å². The molecule has 0 aromatic heterocycles. The lowest BCUT2D eigenvalue weighted by Gasteiger charge is -2.20. The van der Waals surface area contributed by atoms with Crippen molar-refractivity contribution in [3.8, 4) is 0 Å². The number of phosphoric ester groups is 1. The van der Waals surface area contributed by atoms with Crippen LogP contribution in [0.25, 0.3) is 0 Å². The smallest absolute Gasteiger partial charge is 0.472 e. The van der Waals surface area contributed by atoms with E-state index in [9.17, 15) is 28.9 Å². The van der Waals surface area contributed by atoms with Gasteiger partial charge in [-0.2, -0.15) is 0 Å². The van der Waals surface area contributed by atoms with Crippen LogP contribution in [-0.2, 0) is 37.5 Å². The lowest BCUT2D eigenvalue weighted by molar-refractivity contribution is -0.161. The number of hydrogen-bond acceptors (Lipinski definition) is 10. The Labute approximate surface area is 331 Å². The molecule has 0 aromatic carbocycles. The van der Waals surface area contributed by atoms with Gasteiger partial charge in [0, 0.05) is 12.8 Å². The van der Waals surface area contributed by atoms with Gasteiger partial charge in [0.05, 0.1) is 19.3 Å². The first-order valence-electron chi connectivity index (χ1n) is 20.8. The van der Waals surface area contributed by atoms with Crippen LogP contribution in [0.2, 0.25) is 0 Å². The lowest BCUT2D eigenvalue weighted by atomic mass is 10.1. The number of carbonyl (C=O) groups is 3. The SMILES string of the molecule is CCCCCC/C=C\CCCCCCCC(=O)O[C@H](COC(=O)CCCC(O)/C=C/C=C/C/C=C/CCCCCCCC)COP(=O)(O)OC[C@H](N)C(=O)O. The molecule has 13 heteroatoms. The summed E-state index contributed by atoms with van der Waals surface area (Å²) in [5, 5.41) is 19.1. The third kappa shape index (κ3) is 36.8. The zero-order chi connectivity index (χ0) is 40.8. The molecule has 0 saturated heterocycles. The zero-order valence-electron chi connectivity index (χ0n) is 33.9. The third-order valence-corrected chi connectivity index (χ3v) is 9.60. The van der Waals surface area contributed by atoms with Crippen molar-refractivity contribution in [2.75, 3.05) is 19.8 Å². The number of carboxylic acids is 1. The maximum Gasteiger partial charge on any atom is 0.472 e. The van der Waals surface area contributed by atoms with Crippen molar-refractivity contribution in [1.29, 1.82) is 0 Å². The molecule has 318 valence electrons. The molecule has 0 bridgehead atoms. The summed E-state index contributed by atoms with van der Waals surface area (Å²) in [6.07, 6.45) is 36.4. The minimum Gasteiger partial charge on any atom is -0.480 e. The molecule has 12 nitrogen and oxygen atoms in total. The van der Waals surface area contributed by atoms with E-state index in [1.807, 2.05) is 12.2 Å². The summed E-state index contributed by atoms with van der Waals surface area (Å²) in [6, 6.07) is -1.55. The van der Waals surface area contributed by atoms with Crippen molar-refractivity contribution in [3.63, 3.8) is 0 Å². The number of unbranched alkanes of at least 4 members (excludes halogenated alkanes) is 15. The summed E-state index contributed by atoms with van der Waals surface area (Å²) in [5.41, 5.74) is 5.31. The summed E-state index contributed by atoms with van der Waals surface area (Å²) >= 11 is 0. The van der Waals surface area contributed by atoms with Crippen molar-refractivity contribution in [3.05, 3.63) is 48.6 Å². The highest BCUT2D eigenvalue weighted by atomic mass is 31.2. The van der Waals surface area contributed by atoms with Gasteiger partial charge in [-0.25, -0.2) is 4.57 Å². The van der Waals surface area contributed by atoms with Crippen LogP contribution in [0, 0.1) is 0 Å². The first-order valence-corrected chi connectivity index (χ1v) is 22.3. The van der Waals surface area contributed by atoms with E-state index in [0.29, 0.717) is 19.3 Å². The highest BCUT2D eigenvalue weighted by molar-refractivity contribution is 7.47. The number of aliphatic hydroxyl groups excluding tert-OH is 1. The Kier molecular flexibility index (Phi) is 35.3. The molecular formula is C42H74NO11P. The van der Waals surface area contributed by atoms with Crippen LogP contribution in [-0.4, -0.2) is 71.1 Å². The van der Waals surface area contributed by atoms with Gasteiger partial charge in [0.1, 0.15) is 12.6 Å². The Morgan fingerprint density at radius 3 is 1.80 bits per heavy atom. The number of phosphoric acid groups is 1. The quantitative estimate of drug-likeness (QED) is 0.0152. The first kappa shape index (κ1) is 52.4. The highest BCUT2D eigenvalue weighted by Gasteiger charge is 2.28. The second kappa shape index (κ2) is 37.0. The van der Waals surface area contributed by atoms with Crippen LogP contribution in [0.5, 0.6) is 0 Å². The van der Waals surface area contributed by atoms with Gasteiger partial charge in [-0.3, -0.25) is 23.4 Å². The van der Waals surface area contributed by atoms with Crippen molar-refractivity contribution in [1.82, 2.24) is 0 Å². The summed E-state index contributed by atoms with van der Waals surface area (Å²) in [5.74, 6) is -2.61. The van der Waals surface area contributed by atoms with Crippen LogP contribution >= 0.6 is 7.82 Å². The number of ether oxygens (including phenoxy) is 2. The molecule has 0 aliphatic rings. The predicted octanol–water partition coefficient (Wildman–Crippen LogP) is 9.58. The van der Waals surface area contributed by atoms with Gasteiger partial charge in [-0.1, -0.05) is 133 Å². The average Bonchev–Trinajstić information content (AvgIpc) is 3.15. The minimum atomic E-state index is -4.76. The number of allylic oxidation sites excluding steroid dienone is 7. The van der Waals surface area contributed by atoms with E-state index in [1.165, 1.54) is 64.2 Å². The maximum absolute atomic E-state index is 12.6. The van der Waals surface area contributed by atoms with Crippen molar-refractivity contribution in [2.45, 2.75) is 180 Å². The van der Waals surface area contributed by atoms with Crippen LogP contribution in [0.3, 0.4) is 0 Å². The molecule has 0 aliphatic heterocycles. The first-order chi connectivity index (χ1) is 26.5. The lowest BCUT2D eigenvalue weighted by Crippen LogP contribution is -2.34. The normalized spacial score (nSPS) is 14.9. The number of hydrogen-bond donors (Lipinski definition) is 4. The fourth-order valence-electron chi connectivity index (χ4n) is 5.30. The van der Waals surface area contributed by atoms with E-state index in [0.717, 1.165) is 51.4 Å². The van der Waals surface area contributed by atoms with Gasteiger partial charge in [-0.15, -0.1) is 0 Å². The van der Waals surface area contributed by atoms with Crippen LogP contribution in [0.15, 0.2) is 48.6 Å². The summed E-state index contributed by atoms with van der Waals surface area (Å²) < 4.78 is 32.5. The number of aliphatic hydroxyl groups is 1. The maximum atomic E-state index is 12.6. The molecule has 4 atom stereocenters. The molecule has 0 saturated carbocycles. The monoisotopic (exact) mass is 799 g/mol. The number of rotatable bonds is 38. The number of aliphatic carboxylic acids is 1. The number of carboxylic acid groups (broad SMARTS) is 1. The molecule has 0 aromatic rings. The molecular weight excluding hydrogens is 725 g/mol. The van der Waals surface area contributed by atoms with Gasteiger partial charge in [0.25, 0.3) is 0 Å². The number of esters is 2. The Morgan fingerprint density at radius 1 is 0.655 bits per heavy atom. The molecule has 0 aliphatic carbocycles. The summed E-state index contributed by atoms with van der Waals surface area (Å²) in [6.45, 7) is 2.56. The second-order valence-electron chi connectivity index (χ2n) is 14.0. The molecule has 0 rings (SSSR count). The Morgan fingerprint density at radius 2 is 1.18 bits per heavy atom. The molecule has 0 spiro atoms. The molecule has 55 heavy (non-hydrogen) atoms. The number of carbonyl (C=O) groups excluding carboxylic acids is 2. The number of nitrogens with two attached hydrogens (primary N) is 1. The standard InChI is InChI=1S/C42H74NO11P/c1-3-5-7-9-11-13-15-17-19-21-23-25-27-30-37(44)31-29-33-40(45)51-34-38(35-52-55(49,50)53-36-39(43)42(47)48)54-41(46)32-28-26-24-22-20-18-16-14-12-10-8-6-4-2/h14,16-17,19,23,25,27,30,37-39,44H,3-13,15,18,20-22,24,26,28-29,31-36,43H2,1-2H3,(H,47,48)(H,49,50)/b16-14-,19-17+,25-23+,30-27+/t37?,38-,39+/m1/s1. The van der Waals surface area contributed by atoms with Gasteiger partial charge < -0.3 is 30.3 Å². The van der Waals surface area contributed by atoms with E-state index in [2.05, 4.69) is 42.7 Å². The molecule has 0 radical (unpaired) electrons. The van der Waals surface area contributed by atoms with Crippen LogP contribution < -0.4 is 5.73 Å². The van der Waals surface area contributed by atoms with Crippen LogP contribution in [0.1, 0.15) is 162 Å². The Balaban J connectivity index is 4.59. The van der Waals surface area contributed by atoms with E-state index in [1.54, 1.807) is 12.2 Å². The molecule has 0 heterocycles. The average molecular weight is 800 g/mol. The fourth-order valence-corrected chi connectivity index (χ4v) is 6.08. The van der Waals surface area contributed by atoms with Crippen molar-refractivity contribution >= 4 is 25.7 Å². The van der Waals surface area contributed by atoms with E-state index in [-0.39, 0.29) is 12.8 Å². The van der Waals surface area contributed by atoms with E-state index >= 15 is 0 Å². The topological polar surface area (TPSA) is 192 Å². The van der Waals surface area contributed by atoms with Gasteiger partial charge >= 0.3 is 25.7 Å². The van der Waals surface area contributed by atoms with E-state index in [4.69, 9.17) is 24.8 Å². The van der Waals surface area contributed by atoms with Crippen molar-refractivity contribution < 1.29 is 52.6 Å².